The molecule has 4 heteroatoms. The van der Waals surface area contributed by atoms with Gasteiger partial charge in [0.1, 0.15) is 5.75 Å². The van der Waals surface area contributed by atoms with Gasteiger partial charge in [0.15, 0.2) is 0 Å². The van der Waals surface area contributed by atoms with Crippen molar-refractivity contribution in [2.24, 2.45) is 0 Å². The first-order valence-corrected chi connectivity index (χ1v) is 7.19. The van der Waals surface area contributed by atoms with E-state index in [9.17, 15) is 0 Å². The maximum atomic E-state index is 5.28. The molecule has 0 bridgehead atoms. The molecule has 0 spiro atoms. The van der Waals surface area contributed by atoms with Gasteiger partial charge in [-0.2, -0.15) is 0 Å². The molecule has 17 heavy (non-hydrogen) atoms. The minimum Gasteiger partial charge on any atom is -0.494 e. The molecule has 1 aliphatic carbocycles. The average Bonchev–Trinajstić information content (AvgIpc) is 2.79. The quantitative estimate of drug-likeness (QED) is 0.818. The van der Waals surface area contributed by atoms with E-state index in [4.69, 9.17) is 4.74 Å². The first kappa shape index (κ1) is 13.1. The number of hydrogen-bond donors (Lipinski definition) is 1. The van der Waals surface area contributed by atoms with Crippen LogP contribution in [0.3, 0.4) is 0 Å². The minimum atomic E-state index is 0.592. The Bertz CT molecular complexity index is 400. The predicted octanol–water partition coefficient (Wildman–Crippen LogP) is 4.03. The van der Waals surface area contributed by atoms with Gasteiger partial charge in [-0.1, -0.05) is 12.2 Å². The third-order valence-corrected chi connectivity index (χ3v) is 4.04. The molecule has 1 aromatic carbocycles. The Kier molecular flexibility index (Phi) is 4.65. The molecule has 0 radical (unpaired) electrons. The highest BCUT2D eigenvalue weighted by Crippen LogP contribution is 2.34. The Morgan fingerprint density at radius 2 is 1.82 bits per heavy atom. The van der Waals surface area contributed by atoms with E-state index in [0.29, 0.717) is 6.04 Å². The molecule has 0 fully saturated rings. The number of rotatable bonds is 4. The Morgan fingerprint density at radius 1 is 1.24 bits per heavy atom. The number of benzene rings is 1. The molecule has 0 saturated carbocycles. The van der Waals surface area contributed by atoms with Gasteiger partial charge >= 0.3 is 0 Å². The van der Waals surface area contributed by atoms with E-state index in [2.05, 4.69) is 61.5 Å². The summed E-state index contributed by atoms with van der Waals surface area (Å²) in [6, 6.07) is 4.78. The van der Waals surface area contributed by atoms with Crippen molar-refractivity contribution in [3.05, 3.63) is 38.8 Å². The van der Waals surface area contributed by atoms with Gasteiger partial charge in [-0.25, -0.2) is 0 Å². The average molecular weight is 361 g/mol. The monoisotopic (exact) mass is 359 g/mol. The van der Waals surface area contributed by atoms with Crippen molar-refractivity contribution in [1.29, 1.82) is 0 Å². The van der Waals surface area contributed by atoms with Crippen LogP contribution in [0.1, 0.15) is 18.4 Å². The van der Waals surface area contributed by atoms with E-state index in [-0.39, 0.29) is 0 Å². The van der Waals surface area contributed by atoms with Gasteiger partial charge in [0.25, 0.3) is 0 Å². The van der Waals surface area contributed by atoms with Crippen LogP contribution < -0.4 is 10.1 Å². The van der Waals surface area contributed by atoms with Crippen molar-refractivity contribution in [2.45, 2.75) is 25.4 Å². The maximum Gasteiger partial charge on any atom is 0.147 e. The molecule has 0 aromatic heterocycles. The molecule has 0 aliphatic heterocycles. The van der Waals surface area contributed by atoms with Crippen LogP contribution >= 0.6 is 31.9 Å². The van der Waals surface area contributed by atoms with Crippen LogP contribution in [-0.4, -0.2) is 13.2 Å². The van der Waals surface area contributed by atoms with Crippen LogP contribution in [0.4, 0.5) is 0 Å². The normalized spacial score (nSPS) is 15.5. The molecule has 0 heterocycles. The van der Waals surface area contributed by atoms with Crippen molar-refractivity contribution in [2.75, 3.05) is 7.11 Å². The molecule has 1 aliphatic rings. The Balaban J connectivity index is 2.01. The first-order valence-electron chi connectivity index (χ1n) is 5.61. The highest BCUT2D eigenvalue weighted by atomic mass is 79.9. The fourth-order valence-corrected chi connectivity index (χ4v) is 3.56. The van der Waals surface area contributed by atoms with Crippen LogP contribution in [0.25, 0.3) is 0 Å². The predicted molar refractivity (Wildman–Crippen MR) is 77.4 cm³/mol. The third-order valence-electron chi connectivity index (χ3n) is 2.86. The van der Waals surface area contributed by atoms with Gasteiger partial charge in [-0.15, -0.1) is 0 Å². The minimum absolute atomic E-state index is 0.592. The zero-order chi connectivity index (χ0) is 12.3. The SMILES string of the molecule is COc1c(Br)cc(CNC2CC=CC2)cc1Br. The lowest BCUT2D eigenvalue weighted by atomic mass is 10.2. The van der Waals surface area contributed by atoms with Crippen molar-refractivity contribution in [3.8, 4) is 5.75 Å². The smallest absolute Gasteiger partial charge is 0.147 e. The number of hydrogen-bond acceptors (Lipinski definition) is 2. The second-order valence-electron chi connectivity index (χ2n) is 4.11. The lowest BCUT2D eigenvalue weighted by Crippen LogP contribution is -2.25. The Hall–Kier alpha value is -0.320. The van der Waals surface area contributed by atoms with Crippen LogP contribution in [-0.2, 0) is 6.54 Å². The molecule has 0 atom stereocenters. The van der Waals surface area contributed by atoms with Gasteiger partial charge in [0.05, 0.1) is 16.1 Å². The number of nitrogens with one attached hydrogen (secondary N) is 1. The largest absolute Gasteiger partial charge is 0.494 e. The summed E-state index contributed by atoms with van der Waals surface area (Å²) in [5, 5.41) is 3.54. The summed E-state index contributed by atoms with van der Waals surface area (Å²) in [5.41, 5.74) is 1.25. The summed E-state index contributed by atoms with van der Waals surface area (Å²) in [6.45, 7) is 0.882. The van der Waals surface area contributed by atoms with Crippen LogP contribution in [0.5, 0.6) is 5.75 Å². The molecule has 1 aromatic rings. The summed E-state index contributed by atoms with van der Waals surface area (Å²) in [4.78, 5) is 0. The van der Waals surface area contributed by atoms with Crippen LogP contribution in [0, 0.1) is 0 Å². The maximum absolute atomic E-state index is 5.28. The van der Waals surface area contributed by atoms with E-state index >= 15 is 0 Å². The Labute approximate surface area is 119 Å². The fraction of sp³-hybridized carbons (Fsp3) is 0.385. The molecular formula is C13H15Br2NO. The highest BCUT2D eigenvalue weighted by molar-refractivity contribution is 9.11. The van der Waals surface area contributed by atoms with Gasteiger partial charge in [-0.05, 0) is 62.4 Å². The molecular weight excluding hydrogens is 346 g/mol. The summed E-state index contributed by atoms with van der Waals surface area (Å²) >= 11 is 7.03. The summed E-state index contributed by atoms with van der Waals surface area (Å²) < 4.78 is 7.25. The van der Waals surface area contributed by atoms with Crippen molar-refractivity contribution < 1.29 is 4.74 Å². The molecule has 0 amide bonds. The molecule has 1 N–H and O–H groups in total. The summed E-state index contributed by atoms with van der Waals surface area (Å²) in [7, 11) is 1.67. The number of ether oxygens (including phenoxy) is 1. The molecule has 0 unspecified atom stereocenters. The van der Waals surface area contributed by atoms with Gasteiger partial charge < -0.3 is 10.1 Å². The molecule has 92 valence electrons. The zero-order valence-electron chi connectivity index (χ0n) is 9.67. The van der Waals surface area contributed by atoms with Crippen LogP contribution in [0.2, 0.25) is 0 Å². The molecule has 2 nitrogen and oxygen atoms in total. The van der Waals surface area contributed by atoms with E-state index in [1.165, 1.54) is 5.56 Å². The lowest BCUT2D eigenvalue weighted by Gasteiger charge is -2.13. The lowest BCUT2D eigenvalue weighted by molar-refractivity contribution is 0.409. The zero-order valence-corrected chi connectivity index (χ0v) is 12.8. The van der Waals surface area contributed by atoms with Crippen molar-refractivity contribution in [3.63, 3.8) is 0 Å². The van der Waals surface area contributed by atoms with Crippen molar-refractivity contribution in [1.82, 2.24) is 5.32 Å². The third kappa shape index (κ3) is 3.33. The van der Waals surface area contributed by atoms with Crippen molar-refractivity contribution >= 4 is 31.9 Å². The van der Waals surface area contributed by atoms with Gasteiger partial charge in [-0.3, -0.25) is 0 Å². The van der Waals surface area contributed by atoms with Gasteiger partial charge in [0, 0.05) is 12.6 Å². The van der Waals surface area contributed by atoms with E-state index in [0.717, 1.165) is 34.1 Å². The van der Waals surface area contributed by atoms with E-state index in [1.54, 1.807) is 7.11 Å². The first-order chi connectivity index (χ1) is 8.20. The highest BCUT2D eigenvalue weighted by Gasteiger charge is 2.11. The summed E-state index contributed by atoms with van der Waals surface area (Å²) in [6.07, 6.45) is 6.74. The second kappa shape index (κ2) is 6.03. The van der Waals surface area contributed by atoms with E-state index in [1.807, 2.05) is 0 Å². The summed E-state index contributed by atoms with van der Waals surface area (Å²) in [5.74, 6) is 0.844. The number of halogens is 2. The standard InChI is InChI=1S/C13H15Br2NO/c1-17-13-11(14)6-9(7-12(13)15)8-16-10-4-2-3-5-10/h2-3,6-7,10,16H,4-5,8H2,1H3. The fourth-order valence-electron chi connectivity index (χ4n) is 1.96. The molecule has 2 rings (SSSR count). The number of methoxy groups -OCH3 is 1. The second-order valence-corrected chi connectivity index (χ2v) is 5.82. The molecule has 0 saturated heterocycles. The topological polar surface area (TPSA) is 21.3 Å². The van der Waals surface area contributed by atoms with Gasteiger partial charge in [0.2, 0.25) is 0 Å². The van der Waals surface area contributed by atoms with Crippen LogP contribution in [0.15, 0.2) is 33.2 Å². The van der Waals surface area contributed by atoms with E-state index < -0.39 is 0 Å². The Morgan fingerprint density at radius 3 is 2.35 bits per heavy atom.